The molecule has 1 aromatic carbocycles. The van der Waals surface area contributed by atoms with Crippen molar-refractivity contribution in [3.63, 3.8) is 0 Å². The first-order valence-corrected chi connectivity index (χ1v) is 7.15. The number of rotatable bonds is 5. The highest BCUT2D eigenvalue weighted by molar-refractivity contribution is 6.20. The van der Waals surface area contributed by atoms with Crippen molar-refractivity contribution in [2.75, 3.05) is 19.0 Å². The zero-order chi connectivity index (χ0) is 14.8. The van der Waals surface area contributed by atoms with Crippen LogP contribution in [0.15, 0.2) is 43.0 Å². The van der Waals surface area contributed by atoms with Crippen LogP contribution in [0.4, 0.5) is 0 Å². The Labute approximate surface area is 124 Å². The molecule has 2 rings (SSSR count). The number of halogens is 1. The molecule has 1 fully saturated rings. The second kappa shape index (κ2) is 5.80. The number of alkyl halides is 1. The Balaban J connectivity index is 2.58. The Morgan fingerprint density at radius 3 is 2.65 bits per heavy atom. The van der Waals surface area contributed by atoms with E-state index < -0.39 is 5.41 Å². The van der Waals surface area contributed by atoms with Crippen LogP contribution in [-0.2, 0) is 15.0 Å². The first kappa shape index (κ1) is 14.8. The maximum Gasteiger partial charge on any atom is 0.241 e. The summed E-state index contributed by atoms with van der Waals surface area (Å²) in [4.78, 5) is 26.9. The first-order chi connectivity index (χ1) is 9.58. The number of Topliss-reactive ketones (excluding diaryl/α,β-unsaturated/α-hetero) is 1. The number of likely N-dealkylation sites (tertiary alicyclic amines) is 1. The van der Waals surface area contributed by atoms with Crippen LogP contribution < -0.4 is 0 Å². The van der Waals surface area contributed by atoms with Gasteiger partial charge in [0.1, 0.15) is 11.2 Å². The minimum absolute atomic E-state index is 0.147. The summed E-state index contributed by atoms with van der Waals surface area (Å²) in [5.41, 5.74) is -0.416. The van der Waals surface area contributed by atoms with Crippen LogP contribution in [0.25, 0.3) is 0 Å². The molecule has 1 aromatic rings. The molecule has 106 valence electrons. The van der Waals surface area contributed by atoms with Crippen molar-refractivity contribution in [3.8, 4) is 0 Å². The zero-order valence-corrected chi connectivity index (χ0v) is 12.3. The molecule has 0 radical (unpaired) electrons. The van der Waals surface area contributed by atoms with Gasteiger partial charge in [-0.1, -0.05) is 36.4 Å². The van der Waals surface area contributed by atoms with Crippen LogP contribution in [0.5, 0.6) is 0 Å². The number of nitrogens with zero attached hydrogens (tertiary/aromatic N) is 1. The van der Waals surface area contributed by atoms with E-state index in [-0.39, 0.29) is 23.5 Å². The molecule has 1 heterocycles. The van der Waals surface area contributed by atoms with E-state index in [9.17, 15) is 9.59 Å². The number of benzene rings is 1. The highest BCUT2D eigenvalue weighted by atomic mass is 35.5. The molecule has 0 bridgehead atoms. The SMILES string of the molecule is C=CCN1C[C@H](CCl)[C@@](C(C)=O)(c2ccccc2)C1=O. The second-order valence-corrected chi connectivity index (χ2v) is 5.39. The summed E-state index contributed by atoms with van der Waals surface area (Å²) in [6, 6.07) is 9.21. The summed E-state index contributed by atoms with van der Waals surface area (Å²) in [5, 5.41) is 0. The molecular weight excluding hydrogens is 274 g/mol. The average molecular weight is 292 g/mol. The van der Waals surface area contributed by atoms with Crippen molar-refractivity contribution in [1.82, 2.24) is 4.90 Å². The highest BCUT2D eigenvalue weighted by Gasteiger charge is 2.57. The van der Waals surface area contributed by atoms with Gasteiger partial charge in [0.2, 0.25) is 5.91 Å². The third kappa shape index (κ3) is 2.06. The molecule has 0 saturated carbocycles. The Kier molecular flexibility index (Phi) is 4.29. The van der Waals surface area contributed by atoms with E-state index in [1.165, 1.54) is 6.92 Å². The fourth-order valence-electron chi connectivity index (χ4n) is 3.09. The van der Waals surface area contributed by atoms with Gasteiger partial charge in [-0.3, -0.25) is 9.59 Å². The van der Waals surface area contributed by atoms with Gasteiger partial charge in [0.25, 0.3) is 0 Å². The molecule has 3 nitrogen and oxygen atoms in total. The van der Waals surface area contributed by atoms with Crippen molar-refractivity contribution >= 4 is 23.3 Å². The number of hydrogen-bond acceptors (Lipinski definition) is 2. The van der Waals surface area contributed by atoms with E-state index in [0.29, 0.717) is 13.1 Å². The summed E-state index contributed by atoms with van der Waals surface area (Å²) in [7, 11) is 0. The Hall–Kier alpha value is -1.61. The largest absolute Gasteiger partial charge is 0.337 e. The molecule has 2 atom stereocenters. The molecule has 0 N–H and O–H groups in total. The Morgan fingerprint density at radius 1 is 1.50 bits per heavy atom. The molecule has 1 amide bonds. The number of amides is 1. The van der Waals surface area contributed by atoms with Gasteiger partial charge in [-0.05, 0) is 12.5 Å². The first-order valence-electron chi connectivity index (χ1n) is 6.61. The van der Waals surface area contributed by atoms with Crippen LogP contribution in [0.1, 0.15) is 12.5 Å². The molecule has 1 saturated heterocycles. The fraction of sp³-hybridized carbons (Fsp3) is 0.375. The van der Waals surface area contributed by atoms with Crippen LogP contribution in [0, 0.1) is 5.92 Å². The predicted octanol–water partition coefficient (Wildman–Crippen LogP) is 2.40. The molecule has 0 aromatic heterocycles. The normalized spacial score (nSPS) is 25.8. The lowest BCUT2D eigenvalue weighted by Gasteiger charge is -2.29. The zero-order valence-electron chi connectivity index (χ0n) is 11.5. The third-order valence-electron chi connectivity index (χ3n) is 4.00. The quantitative estimate of drug-likeness (QED) is 0.475. The Bertz CT molecular complexity index is 529. The van der Waals surface area contributed by atoms with Gasteiger partial charge in [0.05, 0.1) is 0 Å². The molecule has 0 aliphatic carbocycles. The average Bonchev–Trinajstić information content (AvgIpc) is 2.74. The minimum Gasteiger partial charge on any atom is -0.337 e. The maximum absolute atomic E-state index is 12.8. The lowest BCUT2D eigenvalue weighted by molar-refractivity contribution is -0.138. The van der Waals surface area contributed by atoms with Gasteiger partial charge in [-0.25, -0.2) is 0 Å². The smallest absolute Gasteiger partial charge is 0.241 e. The topological polar surface area (TPSA) is 37.4 Å². The monoisotopic (exact) mass is 291 g/mol. The Morgan fingerprint density at radius 2 is 2.15 bits per heavy atom. The molecule has 1 aliphatic rings. The van der Waals surface area contributed by atoms with E-state index in [4.69, 9.17) is 11.6 Å². The maximum atomic E-state index is 12.8. The fourth-order valence-corrected chi connectivity index (χ4v) is 3.42. The van der Waals surface area contributed by atoms with Gasteiger partial charge in [-0.15, -0.1) is 18.2 Å². The van der Waals surface area contributed by atoms with Crippen molar-refractivity contribution < 1.29 is 9.59 Å². The summed E-state index contributed by atoms with van der Waals surface area (Å²) in [6.45, 7) is 6.06. The van der Waals surface area contributed by atoms with E-state index in [1.54, 1.807) is 11.0 Å². The highest BCUT2D eigenvalue weighted by Crippen LogP contribution is 2.42. The number of carbonyl (C=O) groups is 2. The van der Waals surface area contributed by atoms with Gasteiger partial charge in [-0.2, -0.15) is 0 Å². The van der Waals surface area contributed by atoms with Crippen LogP contribution in [0.2, 0.25) is 0 Å². The third-order valence-corrected chi connectivity index (χ3v) is 4.37. The van der Waals surface area contributed by atoms with Crippen LogP contribution in [-0.4, -0.2) is 35.6 Å². The predicted molar refractivity (Wildman–Crippen MR) is 79.8 cm³/mol. The summed E-state index contributed by atoms with van der Waals surface area (Å²) < 4.78 is 0. The number of carbonyl (C=O) groups excluding carboxylic acids is 2. The molecule has 0 unspecified atom stereocenters. The minimum atomic E-state index is -1.15. The van der Waals surface area contributed by atoms with E-state index in [0.717, 1.165) is 5.56 Å². The molecular formula is C16H18ClNO2. The van der Waals surface area contributed by atoms with E-state index in [2.05, 4.69) is 6.58 Å². The van der Waals surface area contributed by atoms with Gasteiger partial charge >= 0.3 is 0 Å². The standard InChI is InChI=1S/C16H18ClNO2/c1-3-9-18-11-14(10-17)16(12(2)19,15(18)20)13-7-5-4-6-8-13/h3-8,14H,1,9-11H2,2H3/t14-,16+/m0/s1. The molecule has 1 aliphatic heterocycles. The lowest BCUT2D eigenvalue weighted by Crippen LogP contribution is -2.47. The molecule has 0 spiro atoms. The van der Waals surface area contributed by atoms with E-state index in [1.807, 2.05) is 30.3 Å². The van der Waals surface area contributed by atoms with Gasteiger partial charge in [0.15, 0.2) is 0 Å². The van der Waals surface area contributed by atoms with Crippen molar-refractivity contribution in [1.29, 1.82) is 0 Å². The van der Waals surface area contributed by atoms with Crippen LogP contribution >= 0.6 is 11.6 Å². The van der Waals surface area contributed by atoms with Crippen molar-refractivity contribution in [2.45, 2.75) is 12.3 Å². The summed E-state index contributed by atoms with van der Waals surface area (Å²) in [5.74, 6) is -0.252. The van der Waals surface area contributed by atoms with Gasteiger partial charge < -0.3 is 4.90 Å². The molecule has 20 heavy (non-hydrogen) atoms. The number of hydrogen-bond donors (Lipinski definition) is 0. The van der Waals surface area contributed by atoms with Crippen LogP contribution in [0.3, 0.4) is 0 Å². The van der Waals surface area contributed by atoms with Gasteiger partial charge in [0, 0.05) is 24.9 Å². The summed E-state index contributed by atoms with van der Waals surface area (Å²) >= 11 is 6.06. The van der Waals surface area contributed by atoms with Crippen molar-refractivity contribution in [2.24, 2.45) is 5.92 Å². The lowest BCUT2D eigenvalue weighted by atomic mass is 9.70. The molecule has 4 heteroatoms. The number of ketones is 1. The second-order valence-electron chi connectivity index (χ2n) is 5.08. The van der Waals surface area contributed by atoms with Crippen molar-refractivity contribution in [3.05, 3.63) is 48.6 Å². The summed E-state index contributed by atoms with van der Waals surface area (Å²) in [6.07, 6.45) is 1.67. The van der Waals surface area contributed by atoms with E-state index >= 15 is 0 Å².